The molecule has 3 aliphatic heterocycles. The molecule has 13 atom stereocenters. The molecule has 3 saturated heterocycles. The van der Waals surface area contributed by atoms with Crippen LogP contribution in [0.2, 0.25) is 0 Å². The van der Waals surface area contributed by atoms with Crippen LogP contribution in [0.5, 0.6) is 0 Å². The van der Waals surface area contributed by atoms with Crippen LogP contribution in [0, 0.1) is 23.7 Å². The van der Waals surface area contributed by atoms with Gasteiger partial charge in [-0.3, -0.25) is 14.9 Å². The number of cyclic esters (lactones) is 1. The van der Waals surface area contributed by atoms with Gasteiger partial charge in [0.2, 0.25) is 0 Å². The van der Waals surface area contributed by atoms with Crippen LogP contribution < -0.4 is 10.6 Å². The monoisotopic (exact) mass is 653 g/mol. The molecule has 0 amide bonds. The van der Waals surface area contributed by atoms with Crippen molar-refractivity contribution in [2.75, 3.05) is 34.5 Å². The number of ketones is 1. The SMILES string of the molecule is CC[C@H]1OC(=O)C(C)C(=O)[C@H](C)[C@@H](O[C@@H]2O[C@H](CCC3CC3)C[C@H](N(C)C)[C@H]2O)[C@](C)(OC)C[C@@H](C)CN[C@H](C)[C@H]2NCO[C@@]21C. The van der Waals surface area contributed by atoms with Crippen molar-refractivity contribution in [2.24, 2.45) is 23.7 Å². The van der Waals surface area contributed by atoms with E-state index in [4.69, 9.17) is 23.7 Å². The fraction of sp³-hybridized carbons (Fsp3) is 0.943. The smallest absolute Gasteiger partial charge is 0.316 e. The summed E-state index contributed by atoms with van der Waals surface area (Å²) in [5.41, 5.74) is -1.70. The average Bonchev–Trinajstić information content (AvgIpc) is 3.77. The summed E-state index contributed by atoms with van der Waals surface area (Å²) in [6.07, 6.45) is 3.08. The molecule has 0 bridgehead atoms. The predicted molar refractivity (Wildman–Crippen MR) is 175 cm³/mol. The van der Waals surface area contributed by atoms with Crippen LogP contribution in [0.4, 0.5) is 0 Å². The molecule has 1 aliphatic carbocycles. The van der Waals surface area contributed by atoms with Gasteiger partial charge in [-0.25, -0.2) is 0 Å². The van der Waals surface area contributed by atoms with E-state index in [9.17, 15) is 14.7 Å². The summed E-state index contributed by atoms with van der Waals surface area (Å²) in [5.74, 6) is -1.78. The molecule has 266 valence electrons. The Morgan fingerprint density at radius 1 is 1.07 bits per heavy atom. The van der Waals surface area contributed by atoms with Gasteiger partial charge >= 0.3 is 5.97 Å². The van der Waals surface area contributed by atoms with Crippen LogP contribution in [0.3, 0.4) is 0 Å². The largest absolute Gasteiger partial charge is 0.459 e. The quantitative estimate of drug-likeness (QED) is 0.264. The second-order valence-electron chi connectivity index (χ2n) is 15.4. The van der Waals surface area contributed by atoms with Crippen molar-refractivity contribution in [3.63, 3.8) is 0 Å². The number of fused-ring (bicyclic) bond motifs is 1. The Morgan fingerprint density at radius 3 is 2.37 bits per heavy atom. The first kappa shape index (κ1) is 37.6. The number of methoxy groups -OCH3 is 1. The minimum atomic E-state index is -1.04. The average molecular weight is 654 g/mol. The van der Waals surface area contributed by atoms with E-state index >= 15 is 0 Å². The lowest BCUT2D eigenvalue weighted by atomic mass is 9.78. The van der Waals surface area contributed by atoms with Crippen molar-refractivity contribution in [1.29, 1.82) is 0 Å². The molecular formula is C35H63N3O8. The number of carbonyl (C=O) groups excluding carboxylic acids is 2. The van der Waals surface area contributed by atoms with E-state index < -0.39 is 53.6 Å². The van der Waals surface area contributed by atoms with Crippen molar-refractivity contribution in [1.82, 2.24) is 15.5 Å². The van der Waals surface area contributed by atoms with E-state index in [0.29, 0.717) is 32.5 Å². The van der Waals surface area contributed by atoms with Crippen molar-refractivity contribution in [3.05, 3.63) is 0 Å². The zero-order valence-electron chi connectivity index (χ0n) is 30.0. The van der Waals surface area contributed by atoms with Crippen molar-refractivity contribution < 1.29 is 38.4 Å². The van der Waals surface area contributed by atoms with Gasteiger partial charge in [-0.1, -0.05) is 33.6 Å². The highest BCUT2D eigenvalue weighted by molar-refractivity contribution is 6.00. The third kappa shape index (κ3) is 8.33. The molecule has 4 aliphatic rings. The number of ether oxygens (including phenoxy) is 5. The topological polar surface area (TPSA) is 128 Å². The first-order chi connectivity index (χ1) is 21.6. The maximum Gasteiger partial charge on any atom is 0.316 e. The van der Waals surface area contributed by atoms with Crippen LogP contribution in [0.25, 0.3) is 0 Å². The van der Waals surface area contributed by atoms with E-state index in [1.165, 1.54) is 12.8 Å². The first-order valence-electron chi connectivity index (χ1n) is 17.7. The standard InChI is InChI=1S/C35H63N3O8/c1-11-27-35(7)30(37-19-43-35)23(5)36-18-20(2)17-34(6,42-10)31(21(3)28(39)22(4)32(41)45-27)46-33-29(40)26(38(8)9)16-25(44-33)15-14-24-12-13-24/h20-27,29-31,33,36-37,40H,11-19H2,1-10H3/t20-,21+,22?,23-,25-,26+,27-,29-,30-,31-,33+,34-,35-/m1/s1. The molecule has 1 saturated carbocycles. The maximum absolute atomic E-state index is 14.2. The Morgan fingerprint density at radius 2 is 1.76 bits per heavy atom. The summed E-state index contributed by atoms with van der Waals surface area (Å²) in [4.78, 5) is 29.8. The van der Waals surface area contributed by atoms with Gasteiger partial charge in [0.15, 0.2) is 12.1 Å². The Balaban J connectivity index is 1.66. The third-order valence-corrected chi connectivity index (χ3v) is 11.4. The predicted octanol–water partition coefficient (Wildman–Crippen LogP) is 3.26. The molecule has 1 unspecified atom stereocenters. The number of carbonyl (C=O) groups is 2. The zero-order valence-corrected chi connectivity index (χ0v) is 30.0. The molecule has 0 aromatic rings. The van der Waals surface area contributed by atoms with E-state index in [0.717, 1.165) is 18.8 Å². The fourth-order valence-corrected chi connectivity index (χ4v) is 8.13. The molecule has 3 heterocycles. The number of hydrogen-bond donors (Lipinski definition) is 3. The number of likely N-dealkylation sites (N-methyl/N-ethyl adjacent to an activating group) is 1. The van der Waals surface area contributed by atoms with Crippen LogP contribution in [0.15, 0.2) is 0 Å². The number of aliphatic hydroxyl groups is 1. The fourth-order valence-electron chi connectivity index (χ4n) is 8.13. The van der Waals surface area contributed by atoms with Crippen molar-refractivity contribution in [2.45, 2.75) is 153 Å². The number of rotatable bonds is 8. The van der Waals surface area contributed by atoms with Crippen LogP contribution in [-0.2, 0) is 33.3 Å². The molecule has 0 spiro atoms. The second kappa shape index (κ2) is 15.6. The first-order valence-corrected chi connectivity index (χ1v) is 17.7. The Bertz CT molecular complexity index is 1030. The van der Waals surface area contributed by atoms with Crippen LogP contribution in [-0.4, -0.2) is 116 Å². The van der Waals surface area contributed by atoms with Crippen molar-refractivity contribution in [3.8, 4) is 0 Å². The summed E-state index contributed by atoms with van der Waals surface area (Å²) < 4.78 is 31.8. The normalized spacial score (nSPS) is 45.2. The lowest BCUT2D eigenvalue weighted by Gasteiger charge is -2.47. The Hall–Kier alpha value is -1.18. The Kier molecular flexibility index (Phi) is 12.7. The minimum absolute atomic E-state index is 0.00739. The molecule has 11 heteroatoms. The van der Waals surface area contributed by atoms with Gasteiger partial charge in [0.05, 0.1) is 30.6 Å². The van der Waals surface area contributed by atoms with Gasteiger partial charge < -0.3 is 39.0 Å². The summed E-state index contributed by atoms with van der Waals surface area (Å²) >= 11 is 0. The van der Waals surface area contributed by atoms with Gasteiger partial charge in [0, 0.05) is 25.1 Å². The minimum Gasteiger partial charge on any atom is -0.459 e. The molecular weight excluding hydrogens is 590 g/mol. The van der Waals surface area contributed by atoms with Gasteiger partial charge in [-0.05, 0) is 92.3 Å². The number of nitrogens with zero attached hydrogens (tertiary/aromatic N) is 1. The van der Waals surface area contributed by atoms with Gasteiger partial charge in [0.1, 0.15) is 23.7 Å². The highest BCUT2D eigenvalue weighted by atomic mass is 16.7. The summed E-state index contributed by atoms with van der Waals surface area (Å²) in [5, 5.41) is 18.7. The second-order valence-corrected chi connectivity index (χ2v) is 15.4. The molecule has 4 rings (SSSR count). The van der Waals surface area contributed by atoms with Gasteiger partial charge in [-0.2, -0.15) is 0 Å². The van der Waals surface area contributed by atoms with Crippen LogP contribution in [0.1, 0.15) is 93.4 Å². The highest BCUT2D eigenvalue weighted by Gasteiger charge is 2.52. The molecule has 11 nitrogen and oxygen atoms in total. The van der Waals surface area contributed by atoms with E-state index in [1.54, 1.807) is 21.0 Å². The maximum atomic E-state index is 14.2. The number of aliphatic hydroxyl groups excluding tert-OH is 1. The summed E-state index contributed by atoms with van der Waals surface area (Å²) in [6.45, 7) is 14.6. The van der Waals surface area contributed by atoms with Crippen LogP contribution >= 0.6 is 0 Å². The molecule has 0 aromatic heterocycles. The molecule has 3 N–H and O–H groups in total. The molecule has 0 radical (unpaired) electrons. The number of esters is 1. The number of Topliss-reactive ketones (excluding diaryl/α,β-unsaturated/α-hetero) is 1. The summed E-state index contributed by atoms with van der Waals surface area (Å²) in [7, 11) is 5.56. The summed E-state index contributed by atoms with van der Waals surface area (Å²) in [6, 6.07) is -0.265. The zero-order chi connectivity index (χ0) is 34.0. The lowest BCUT2D eigenvalue weighted by Crippen LogP contribution is -2.60. The van der Waals surface area contributed by atoms with E-state index in [-0.39, 0.29) is 35.9 Å². The van der Waals surface area contributed by atoms with Gasteiger partial charge in [-0.15, -0.1) is 0 Å². The molecule has 0 aromatic carbocycles. The Labute approximate surface area is 277 Å². The van der Waals surface area contributed by atoms with E-state index in [2.05, 4.69) is 24.5 Å². The lowest BCUT2D eigenvalue weighted by molar-refractivity contribution is -0.298. The third-order valence-electron chi connectivity index (χ3n) is 11.4. The number of nitrogens with one attached hydrogen (secondary N) is 2. The molecule has 4 fully saturated rings. The van der Waals surface area contributed by atoms with E-state index in [1.807, 2.05) is 39.8 Å². The van der Waals surface area contributed by atoms with Crippen molar-refractivity contribution >= 4 is 11.8 Å². The van der Waals surface area contributed by atoms with Gasteiger partial charge in [0.25, 0.3) is 0 Å². The molecule has 46 heavy (non-hydrogen) atoms. The highest BCUT2D eigenvalue weighted by Crippen LogP contribution is 2.39. The number of hydrogen-bond acceptors (Lipinski definition) is 11.